The molecule has 47 heavy (non-hydrogen) atoms. The van der Waals surface area contributed by atoms with Crippen LogP contribution in [0.15, 0.2) is 146 Å². The second-order valence-electron chi connectivity index (χ2n) is 11.7. The summed E-state index contributed by atoms with van der Waals surface area (Å²) in [6.45, 7) is 13.0. The first-order chi connectivity index (χ1) is 21.3. The van der Waals surface area contributed by atoms with Gasteiger partial charge in [0, 0.05) is 0 Å². The molecule has 0 heterocycles. The van der Waals surface area contributed by atoms with Gasteiger partial charge in [-0.1, -0.05) is 179 Å². The summed E-state index contributed by atoms with van der Waals surface area (Å²) in [4.78, 5) is 0. The van der Waals surface area contributed by atoms with Crippen LogP contribution < -0.4 is 65.8 Å². The molecule has 0 unspecified atom stereocenters. The molecule has 5 heteroatoms. The van der Waals surface area contributed by atoms with E-state index in [1.807, 2.05) is 0 Å². The van der Waals surface area contributed by atoms with Crippen molar-refractivity contribution >= 4 is 47.7 Å². The topological polar surface area (TPSA) is 0 Å². The zero-order chi connectivity index (χ0) is 31.1. The van der Waals surface area contributed by atoms with Gasteiger partial charge in [-0.3, -0.25) is 0 Å². The van der Waals surface area contributed by atoms with E-state index in [1.165, 1.54) is 65.2 Å². The van der Waals surface area contributed by atoms with Crippen molar-refractivity contribution in [2.45, 2.75) is 41.5 Å². The fourth-order valence-corrected chi connectivity index (χ4v) is 10.7. The average Bonchev–Trinajstić information content (AvgIpc) is 2.98. The van der Waals surface area contributed by atoms with E-state index in [1.54, 1.807) is 0 Å². The van der Waals surface area contributed by atoms with Crippen LogP contribution in [-0.4, -0.2) is 0 Å². The number of halogens is 2. The minimum Gasteiger partial charge on any atom is -1.00 e. The van der Waals surface area contributed by atoms with Gasteiger partial charge in [0.15, 0.2) is 0 Å². The molecule has 0 aromatic heterocycles. The van der Waals surface area contributed by atoms with Crippen LogP contribution in [0.25, 0.3) is 0 Å². The third-order valence-corrected chi connectivity index (χ3v) is 12.3. The van der Waals surface area contributed by atoms with Crippen LogP contribution in [0.4, 0.5) is 0 Å². The Morgan fingerprint density at radius 3 is 0.553 bits per heavy atom. The minimum atomic E-state index is -0.495. The Bertz CT molecular complexity index is 1520. The van der Waals surface area contributed by atoms with Gasteiger partial charge in [0.25, 0.3) is 0 Å². The van der Waals surface area contributed by atoms with Gasteiger partial charge in [-0.05, 0) is 89.2 Å². The molecule has 0 aliphatic rings. The quantitative estimate of drug-likeness (QED) is 0.227. The van der Waals surface area contributed by atoms with Crippen LogP contribution in [0.3, 0.4) is 0 Å². The van der Waals surface area contributed by atoms with Gasteiger partial charge in [0.2, 0.25) is 0 Å². The van der Waals surface area contributed by atoms with Crippen molar-refractivity contribution in [1.29, 1.82) is 0 Å². The summed E-state index contributed by atoms with van der Waals surface area (Å²) in [7, 11) is -0.989. The molecule has 0 fully saturated rings. The molecule has 0 spiro atoms. The standard InChI is InChI=1S/2C21H21P.2BrH.Co/c2*1-16-7-4-10-19(13-16)22(20-11-5-8-17(2)14-20)21-12-6-9-18(3)15-21;;;/h2*4-15H,1-3H3;2*1H;/q;;;;+2/p-2. The normalized spacial score (nSPS) is 10.2. The predicted octanol–water partition coefficient (Wildman–Crippen LogP) is 2.75. The fraction of sp³-hybridized carbons (Fsp3) is 0.143. The molecule has 1 radical (unpaired) electrons. The summed E-state index contributed by atoms with van der Waals surface area (Å²) in [5.74, 6) is 0. The van der Waals surface area contributed by atoms with Gasteiger partial charge in [0.05, 0.1) is 0 Å². The van der Waals surface area contributed by atoms with Crippen molar-refractivity contribution in [2.75, 3.05) is 0 Å². The largest absolute Gasteiger partial charge is 2.00 e. The van der Waals surface area contributed by atoms with Crippen molar-refractivity contribution in [1.82, 2.24) is 0 Å². The van der Waals surface area contributed by atoms with Crippen molar-refractivity contribution in [2.24, 2.45) is 0 Å². The van der Waals surface area contributed by atoms with Crippen molar-refractivity contribution in [3.05, 3.63) is 179 Å². The molecule has 0 aliphatic heterocycles. The summed E-state index contributed by atoms with van der Waals surface area (Å²) >= 11 is 0. The Hall–Kier alpha value is -2.35. The maximum absolute atomic E-state index is 2.33. The molecule has 0 nitrogen and oxygen atoms in total. The van der Waals surface area contributed by atoms with Gasteiger partial charge in [-0.25, -0.2) is 0 Å². The predicted molar refractivity (Wildman–Crippen MR) is 199 cm³/mol. The Kier molecular flexibility index (Phi) is 17.0. The van der Waals surface area contributed by atoms with Crippen molar-refractivity contribution < 1.29 is 50.7 Å². The van der Waals surface area contributed by atoms with E-state index in [-0.39, 0.29) is 50.7 Å². The number of hydrogen-bond acceptors (Lipinski definition) is 0. The molecule has 243 valence electrons. The van der Waals surface area contributed by atoms with Crippen LogP contribution in [0.5, 0.6) is 0 Å². The molecule has 6 aromatic rings. The first-order valence-corrected chi connectivity index (χ1v) is 18.0. The first-order valence-electron chi connectivity index (χ1n) is 15.3. The zero-order valence-corrected chi connectivity index (χ0v) is 33.8. The SMILES string of the molecule is Cc1cccc(P(c2cccc(C)c2)c2cccc(C)c2)c1.Cc1cccc(P(c2cccc(C)c2)c2cccc(C)c2)c1.[Br-].[Br-].[Co+2]. The molecule has 6 aromatic carbocycles. The van der Waals surface area contributed by atoms with E-state index in [9.17, 15) is 0 Å². The van der Waals surface area contributed by atoms with E-state index in [2.05, 4.69) is 187 Å². The Morgan fingerprint density at radius 1 is 0.277 bits per heavy atom. The van der Waals surface area contributed by atoms with E-state index in [0.717, 1.165) is 0 Å². The maximum atomic E-state index is 2.33. The minimum absolute atomic E-state index is 0. The summed E-state index contributed by atoms with van der Waals surface area (Å²) in [5.41, 5.74) is 7.95. The van der Waals surface area contributed by atoms with E-state index in [4.69, 9.17) is 0 Å². The maximum Gasteiger partial charge on any atom is 2.00 e. The molecule has 0 aliphatic carbocycles. The van der Waals surface area contributed by atoms with Gasteiger partial charge < -0.3 is 34.0 Å². The number of hydrogen-bond donors (Lipinski definition) is 0. The first kappa shape index (κ1) is 40.8. The summed E-state index contributed by atoms with van der Waals surface area (Å²) in [6.07, 6.45) is 0. The van der Waals surface area contributed by atoms with E-state index in [0.29, 0.717) is 0 Å². The fourth-order valence-electron chi connectivity index (χ4n) is 5.50. The summed E-state index contributed by atoms with van der Waals surface area (Å²) in [5, 5.41) is 8.53. The smallest absolute Gasteiger partial charge is 1.00 e. The molecule has 0 saturated carbocycles. The third kappa shape index (κ3) is 11.4. The molecular formula is C42H42Br2CoP2. The van der Waals surface area contributed by atoms with Crippen LogP contribution >= 0.6 is 15.8 Å². The van der Waals surface area contributed by atoms with Crippen molar-refractivity contribution in [3.8, 4) is 0 Å². The summed E-state index contributed by atoms with van der Waals surface area (Å²) in [6, 6.07) is 53.6. The van der Waals surface area contributed by atoms with Crippen LogP contribution in [0.2, 0.25) is 0 Å². The van der Waals surface area contributed by atoms with E-state index < -0.39 is 15.8 Å². The molecule has 0 N–H and O–H groups in total. The number of aryl methyl sites for hydroxylation is 6. The van der Waals surface area contributed by atoms with Gasteiger partial charge in [-0.2, -0.15) is 0 Å². The Labute approximate surface area is 316 Å². The van der Waals surface area contributed by atoms with Gasteiger partial charge in [-0.15, -0.1) is 0 Å². The summed E-state index contributed by atoms with van der Waals surface area (Å²) < 4.78 is 0. The number of benzene rings is 6. The molecule has 0 bridgehead atoms. The zero-order valence-electron chi connectivity index (χ0n) is 27.8. The molecule has 6 rings (SSSR count). The van der Waals surface area contributed by atoms with E-state index >= 15 is 0 Å². The monoisotopic (exact) mass is 825 g/mol. The molecule has 0 atom stereocenters. The molecule has 0 saturated heterocycles. The second-order valence-corrected chi connectivity index (χ2v) is 16.1. The Morgan fingerprint density at radius 2 is 0.426 bits per heavy atom. The van der Waals surface area contributed by atoms with Gasteiger partial charge >= 0.3 is 16.8 Å². The molecule has 0 amide bonds. The van der Waals surface area contributed by atoms with Crippen molar-refractivity contribution in [3.63, 3.8) is 0 Å². The van der Waals surface area contributed by atoms with Crippen LogP contribution in [-0.2, 0) is 16.8 Å². The van der Waals surface area contributed by atoms with Crippen LogP contribution in [0.1, 0.15) is 33.4 Å². The molecular weight excluding hydrogens is 785 g/mol. The second kappa shape index (κ2) is 19.6. The van der Waals surface area contributed by atoms with Crippen LogP contribution in [0, 0.1) is 41.5 Å². The Balaban J connectivity index is 0.000000307. The average molecular weight is 827 g/mol. The number of rotatable bonds is 6. The van der Waals surface area contributed by atoms with Gasteiger partial charge in [0.1, 0.15) is 0 Å². The third-order valence-electron chi connectivity index (χ3n) is 7.56.